The second kappa shape index (κ2) is 5.93. The Hall–Kier alpha value is -1.75. The molecule has 0 saturated heterocycles. The number of halogens is 2. The summed E-state index contributed by atoms with van der Waals surface area (Å²) in [5.74, 6) is 0.361. The van der Waals surface area contributed by atoms with E-state index in [1.54, 1.807) is 36.4 Å². The van der Waals surface area contributed by atoms with Crippen LogP contribution in [0.3, 0.4) is 0 Å². The molecule has 0 aromatic heterocycles. The monoisotopic (exact) mass is 325 g/mol. The lowest BCUT2D eigenvalue weighted by atomic mass is 10.2. The molecule has 0 heterocycles. The van der Waals surface area contributed by atoms with Gasteiger partial charge in [-0.05, 0) is 34.1 Å². The lowest BCUT2D eigenvalue weighted by molar-refractivity contribution is 0.294. The van der Waals surface area contributed by atoms with Gasteiger partial charge in [0, 0.05) is 17.3 Å². The predicted molar refractivity (Wildman–Crippen MR) is 75.8 cm³/mol. The van der Waals surface area contributed by atoms with Crippen molar-refractivity contribution in [3.63, 3.8) is 0 Å². The molecule has 0 aliphatic rings. The van der Waals surface area contributed by atoms with Gasteiger partial charge in [0.1, 0.15) is 12.4 Å². The van der Waals surface area contributed by atoms with E-state index in [1.165, 1.54) is 7.11 Å². The van der Waals surface area contributed by atoms with Gasteiger partial charge in [0.25, 0.3) is 0 Å². The molecule has 2 rings (SSSR count). The van der Waals surface area contributed by atoms with Crippen LogP contribution in [0.1, 0.15) is 5.56 Å². The summed E-state index contributed by atoms with van der Waals surface area (Å²) >= 11 is 3.35. The van der Waals surface area contributed by atoms with Crippen molar-refractivity contribution in [3.8, 4) is 11.5 Å². The van der Waals surface area contributed by atoms with Crippen molar-refractivity contribution in [3.05, 3.63) is 52.3 Å². The molecule has 0 amide bonds. The third-order valence-electron chi connectivity index (χ3n) is 2.60. The molecule has 0 atom stereocenters. The summed E-state index contributed by atoms with van der Waals surface area (Å²) in [6.45, 7) is 0.102. The average molecular weight is 326 g/mol. The number of rotatable bonds is 4. The van der Waals surface area contributed by atoms with Crippen LogP contribution >= 0.6 is 15.9 Å². The fourth-order valence-electron chi connectivity index (χ4n) is 1.61. The molecule has 2 N–H and O–H groups in total. The Morgan fingerprint density at radius 2 is 2.00 bits per heavy atom. The van der Waals surface area contributed by atoms with Crippen molar-refractivity contribution < 1.29 is 13.9 Å². The molecular formula is C14H13BrFNO2. The van der Waals surface area contributed by atoms with Gasteiger partial charge in [-0.3, -0.25) is 0 Å². The Labute approximate surface area is 119 Å². The molecule has 0 spiro atoms. The molecule has 5 heteroatoms. The lowest BCUT2D eigenvalue weighted by Crippen LogP contribution is -2.01. The maximum atomic E-state index is 13.9. The molecule has 0 aliphatic heterocycles. The molecule has 3 nitrogen and oxygen atoms in total. The maximum Gasteiger partial charge on any atom is 0.171 e. The van der Waals surface area contributed by atoms with E-state index >= 15 is 0 Å². The third-order valence-corrected chi connectivity index (χ3v) is 3.26. The lowest BCUT2D eigenvalue weighted by Gasteiger charge is -2.11. The Kier molecular flexibility index (Phi) is 4.27. The molecule has 0 fully saturated rings. The SMILES string of the molecule is COc1cccc(COc2cc(N)ccc2Br)c1F. The number of ether oxygens (including phenoxy) is 2. The molecule has 100 valence electrons. The number of nitrogens with two attached hydrogens (primary N) is 1. The fraction of sp³-hybridized carbons (Fsp3) is 0.143. The zero-order valence-electron chi connectivity index (χ0n) is 10.3. The molecule has 2 aromatic carbocycles. The molecule has 2 aromatic rings. The van der Waals surface area contributed by atoms with Gasteiger partial charge in [-0.1, -0.05) is 12.1 Å². The van der Waals surface area contributed by atoms with Gasteiger partial charge in [-0.2, -0.15) is 0 Å². The van der Waals surface area contributed by atoms with Crippen LogP contribution in [0, 0.1) is 5.82 Å². The highest BCUT2D eigenvalue weighted by molar-refractivity contribution is 9.10. The summed E-state index contributed by atoms with van der Waals surface area (Å²) in [5.41, 5.74) is 6.69. The van der Waals surface area contributed by atoms with Crippen LogP contribution < -0.4 is 15.2 Å². The number of hydrogen-bond acceptors (Lipinski definition) is 3. The third kappa shape index (κ3) is 3.17. The van der Waals surface area contributed by atoms with Crippen LogP contribution in [0.5, 0.6) is 11.5 Å². The van der Waals surface area contributed by atoms with Gasteiger partial charge in [0.05, 0.1) is 11.6 Å². The zero-order chi connectivity index (χ0) is 13.8. The van der Waals surface area contributed by atoms with Crippen LogP contribution in [0.4, 0.5) is 10.1 Å². The Balaban J connectivity index is 2.17. The fourth-order valence-corrected chi connectivity index (χ4v) is 1.97. The van der Waals surface area contributed by atoms with Crippen molar-refractivity contribution >= 4 is 21.6 Å². The van der Waals surface area contributed by atoms with Gasteiger partial charge in [-0.15, -0.1) is 0 Å². The first-order valence-corrected chi connectivity index (χ1v) is 6.40. The van der Waals surface area contributed by atoms with Crippen LogP contribution in [0.25, 0.3) is 0 Å². The smallest absolute Gasteiger partial charge is 0.171 e. The second-order valence-electron chi connectivity index (χ2n) is 3.91. The van der Waals surface area contributed by atoms with Crippen molar-refractivity contribution in [1.29, 1.82) is 0 Å². The van der Waals surface area contributed by atoms with E-state index in [-0.39, 0.29) is 12.4 Å². The highest BCUT2D eigenvalue weighted by atomic mass is 79.9. The Bertz CT molecular complexity index is 590. The Morgan fingerprint density at radius 3 is 2.74 bits per heavy atom. The van der Waals surface area contributed by atoms with E-state index in [0.717, 1.165) is 4.47 Å². The van der Waals surface area contributed by atoms with Gasteiger partial charge in [-0.25, -0.2) is 4.39 Å². The maximum absolute atomic E-state index is 13.9. The number of nitrogen functional groups attached to an aromatic ring is 1. The first kappa shape index (κ1) is 13.7. The van der Waals surface area contributed by atoms with E-state index in [9.17, 15) is 4.39 Å². The number of hydrogen-bond donors (Lipinski definition) is 1. The van der Waals surface area contributed by atoms with Crippen LogP contribution in [-0.2, 0) is 6.61 Å². The topological polar surface area (TPSA) is 44.5 Å². The molecule has 0 aliphatic carbocycles. The number of benzene rings is 2. The molecule has 19 heavy (non-hydrogen) atoms. The molecule has 0 radical (unpaired) electrons. The molecule has 0 bridgehead atoms. The van der Waals surface area contributed by atoms with Crippen LogP contribution in [-0.4, -0.2) is 7.11 Å². The number of anilines is 1. The van der Waals surface area contributed by atoms with E-state index in [4.69, 9.17) is 15.2 Å². The highest BCUT2D eigenvalue weighted by Gasteiger charge is 2.09. The van der Waals surface area contributed by atoms with Crippen molar-refractivity contribution in [2.24, 2.45) is 0 Å². The van der Waals surface area contributed by atoms with Crippen molar-refractivity contribution in [1.82, 2.24) is 0 Å². The van der Waals surface area contributed by atoms with E-state index in [0.29, 0.717) is 17.0 Å². The predicted octanol–water partition coefficient (Wildman–Crippen LogP) is 3.76. The van der Waals surface area contributed by atoms with Gasteiger partial charge in [0.15, 0.2) is 11.6 Å². The minimum Gasteiger partial charge on any atom is -0.494 e. The van der Waals surface area contributed by atoms with Crippen LogP contribution in [0.2, 0.25) is 0 Å². The van der Waals surface area contributed by atoms with E-state index in [1.807, 2.05) is 0 Å². The largest absolute Gasteiger partial charge is 0.494 e. The summed E-state index contributed by atoms with van der Waals surface area (Å²) in [6, 6.07) is 10.2. The Morgan fingerprint density at radius 1 is 1.21 bits per heavy atom. The summed E-state index contributed by atoms with van der Waals surface area (Å²) < 4.78 is 25.2. The second-order valence-corrected chi connectivity index (χ2v) is 4.77. The summed E-state index contributed by atoms with van der Waals surface area (Å²) in [7, 11) is 1.43. The highest BCUT2D eigenvalue weighted by Crippen LogP contribution is 2.28. The van der Waals surface area contributed by atoms with Crippen LogP contribution in [0.15, 0.2) is 40.9 Å². The quantitative estimate of drug-likeness (QED) is 0.870. The summed E-state index contributed by atoms with van der Waals surface area (Å²) in [5, 5.41) is 0. The van der Waals surface area contributed by atoms with Gasteiger partial charge < -0.3 is 15.2 Å². The van der Waals surface area contributed by atoms with E-state index in [2.05, 4.69) is 15.9 Å². The zero-order valence-corrected chi connectivity index (χ0v) is 11.9. The van der Waals surface area contributed by atoms with Crippen molar-refractivity contribution in [2.75, 3.05) is 12.8 Å². The molecule has 0 saturated carbocycles. The first-order valence-electron chi connectivity index (χ1n) is 5.61. The minimum atomic E-state index is -0.412. The minimum absolute atomic E-state index is 0.102. The normalized spacial score (nSPS) is 10.3. The summed E-state index contributed by atoms with van der Waals surface area (Å²) in [6.07, 6.45) is 0. The molecular weight excluding hydrogens is 313 g/mol. The van der Waals surface area contributed by atoms with Crippen molar-refractivity contribution in [2.45, 2.75) is 6.61 Å². The first-order chi connectivity index (χ1) is 9.11. The number of methoxy groups -OCH3 is 1. The van der Waals surface area contributed by atoms with Gasteiger partial charge in [0.2, 0.25) is 0 Å². The van der Waals surface area contributed by atoms with E-state index < -0.39 is 5.82 Å². The summed E-state index contributed by atoms with van der Waals surface area (Å²) in [4.78, 5) is 0. The standard InChI is InChI=1S/C14H13BrFNO2/c1-18-12-4-2-3-9(14(12)16)8-19-13-7-10(17)5-6-11(13)15/h2-7H,8,17H2,1H3. The molecule has 0 unspecified atom stereocenters. The van der Waals surface area contributed by atoms with Gasteiger partial charge >= 0.3 is 0 Å². The average Bonchev–Trinajstić information content (AvgIpc) is 2.41.